The lowest BCUT2D eigenvalue weighted by molar-refractivity contribution is -0.318. The third kappa shape index (κ3) is 12.0. The van der Waals surface area contributed by atoms with Gasteiger partial charge in [0, 0.05) is 12.0 Å². The number of benzene rings is 5. The smallest absolute Gasteiger partial charge is 0.147 e. The predicted molar refractivity (Wildman–Crippen MR) is 216 cm³/mol. The molecule has 0 unspecified atom stereocenters. The quantitative estimate of drug-likeness (QED) is 0.0213. The van der Waals surface area contributed by atoms with Crippen LogP contribution in [0, 0.1) is 0 Å². The zero-order valence-electron chi connectivity index (χ0n) is 32.3. The topological polar surface area (TPSA) is 123 Å². The summed E-state index contributed by atoms with van der Waals surface area (Å²) < 4.78 is 52.5. The normalized spacial score (nSPS) is 21.8. The third-order valence-electron chi connectivity index (χ3n) is 9.81. The fraction of sp³-hybridized carbons (Fsp3) is 0.348. The summed E-state index contributed by atoms with van der Waals surface area (Å²) >= 11 is 0. The van der Waals surface area contributed by atoms with Crippen LogP contribution < -0.4 is 0 Å². The van der Waals surface area contributed by atoms with Crippen LogP contribution >= 0.6 is 0 Å². The van der Waals surface area contributed by atoms with E-state index in [0.29, 0.717) is 6.61 Å². The molecule has 1 fully saturated rings. The van der Waals surface area contributed by atoms with Crippen molar-refractivity contribution >= 4 is 0 Å². The lowest BCUT2D eigenvalue weighted by Crippen LogP contribution is -2.74. The lowest BCUT2D eigenvalue weighted by Gasteiger charge is -2.55. The minimum absolute atomic E-state index is 0.0228. The van der Waals surface area contributed by atoms with Gasteiger partial charge in [0.2, 0.25) is 0 Å². The van der Waals surface area contributed by atoms with Crippen LogP contribution in [0.15, 0.2) is 157 Å². The van der Waals surface area contributed by atoms with E-state index in [4.69, 9.17) is 37.9 Å². The molecule has 1 aliphatic carbocycles. The monoisotopic (exact) mass is 773 g/mol. The van der Waals surface area contributed by atoms with Gasteiger partial charge in [-0.15, -0.1) is 0 Å². The number of ether oxygens (including phenoxy) is 8. The molecule has 0 aliphatic heterocycles. The molecular weight excluding hydrogens is 723 g/mol. The summed E-state index contributed by atoms with van der Waals surface area (Å²) in [5, 5.41) is 4.43. The lowest BCUT2D eigenvalue weighted by atomic mass is 9.73. The van der Waals surface area contributed by atoms with Crippen LogP contribution in [0.1, 0.15) is 27.8 Å². The maximum absolute atomic E-state index is 10.3. The Morgan fingerprint density at radius 3 is 1.46 bits per heavy atom. The summed E-state index contributed by atoms with van der Waals surface area (Å²) in [6, 6.07) is 48.4. The molecule has 6 atom stereocenters. The fourth-order valence-electron chi connectivity index (χ4n) is 6.99. The molecule has 0 saturated heterocycles. The number of methoxy groups -OCH3 is 1. The van der Waals surface area contributed by atoms with Crippen molar-refractivity contribution in [3.8, 4) is 0 Å². The van der Waals surface area contributed by atoms with Gasteiger partial charge < -0.3 is 37.9 Å². The summed E-state index contributed by atoms with van der Waals surface area (Å²) in [5.41, 5.74) is 13.5. The first-order valence-electron chi connectivity index (χ1n) is 19.2. The van der Waals surface area contributed by atoms with E-state index in [1.807, 2.05) is 152 Å². The molecule has 0 spiro atoms. The molecule has 5 aromatic rings. The Morgan fingerprint density at radius 2 is 0.965 bits per heavy atom. The third-order valence-corrected chi connectivity index (χ3v) is 9.81. The van der Waals surface area contributed by atoms with Gasteiger partial charge in [-0.05, 0) is 33.3 Å². The second-order valence-corrected chi connectivity index (χ2v) is 13.7. The average molecular weight is 774 g/mol. The van der Waals surface area contributed by atoms with Crippen molar-refractivity contribution in [1.82, 2.24) is 0 Å². The number of hydrogen-bond donors (Lipinski definition) is 0. The van der Waals surface area contributed by atoms with Crippen LogP contribution in [0.5, 0.6) is 0 Å². The van der Waals surface area contributed by atoms with E-state index in [0.717, 1.165) is 27.8 Å². The Balaban J connectivity index is 1.49. The second kappa shape index (κ2) is 22.7. The van der Waals surface area contributed by atoms with Gasteiger partial charge in [0.05, 0.1) is 65.0 Å². The summed E-state index contributed by atoms with van der Waals surface area (Å²) in [4.78, 5) is 3.37. The van der Waals surface area contributed by atoms with E-state index < -0.39 is 36.1 Å². The van der Waals surface area contributed by atoms with Gasteiger partial charge in [-0.2, -0.15) is 0 Å². The Bertz CT molecular complexity index is 1890. The molecular formula is C46H51N3O8. The first-order chi connectivity index (χ1) is 28.2. The van der Waals surface area contributed by atoms with Crippen molar-refractivity contribution in [2.75, 3.05) is 33.7 Å². The first-order valence-corrected chi connectivity index (χ1v) is 19.2. The van der Waals surface area contributed by atoms with Crippen LogP contribution in [0.3, 0.4) is 0 Å². The van der Waals surface area contributed by atoms with E-state index in [1.165, 1.54) is 0 Å². The largest absolute Gasteiger partial charge is 0.382 e. The molecule has 0 radical (unpaired) electrons. The van der Waals surface area contributed by atoms with Crippen LogP contribution in [-0.4, -0.2) is 69.8 Å². The molecule has 6 rings (SSSR count). The minimum atomic E-state index is -1.45. The Kier molecular flexibility index (Phi) is 16.6. The maximum atomic E-state index is 10.3. The SMILES string of the molecule is COCCOCO[C@H]1[C@H](N=[N+]=[N-])[C@H](OCc2ccccc2)[C@@H](OCc2ccccc2)[C@H](OCc2ccccc2)[C@]1(COCc1ccccc1)OCc1ccccc1. The van der Waals surface area contributed by atoms with E-state index in [1.54, 1.807) is 7.11 Å². The van der Waals surface area contributed by atoms with Crippen molar-refractivity contribution in [1.29, 1.82) is 0 Å². The molecule has 1 aliphatic rings. The molecule has 0 heterocycles. The molecule has 1 saturated carbocycles. The minimum Gasteiger partial charge on any atom is -0.382 e. The van der Waals surface area contributed by atoms with Crippen LogP contribution in [0.2, 0.25) is 0 Å². The molecule has 11 heteroatoms. The van der Waals surface area contributed by atoms with Crippen LogP contribution in [0.25, 0.3) is 10.4 Å². The standard InChI is InChI=1S/C46H51N3O8/c1-50-27-28-51-35-56-44-41(48-49-47)42(53-30-37-19-9-3-10-20-37)43(54-31-38-21-11-4-12-22-38)45(55-32-39-23-13-5-14-24-39)46(44,57-33-40-25-15-6-16-26-40)34-52-29-36-17-7-2-8-18-36/h2-26,41-45H,27-35H2,1H3/t41-,42+,43-,44+,45+,46-/m1/s1. The first kappa shape index (κ1) is 41.7. The zero-order valence-corrected chi connectivity index (χ0v) is 32.3. The number of rotatable bonds is 23. The predicted octanol–water partition coefficient (Wildman–Crippen LogP) is 8.61. The number of azide groups is 1. The van der Waals surface area contributed by atoms with Gasteiger partial charge in [-0.1, -0.05) is 157 Å². The second-order valence-electron chi connectivity index (χ2n) is 13.7. The van der Waals surface area contributed by atoms with Crippen molar-refractivity contribution in [3.63, 3.8) is 0 Å². The van der Waals surface area contributed by atoms with Crippen LogP contribution in [0.4, 0.5) is 0 Å². The van der Waals surface area contributed by atoms with Gasteiger partial charge in [-0.3, -0.25) is 0 Å². The van der Waals surface area contributed by atoms with E-state index in [2.05, 4.69) is 10.0 Å². The number of hydrogen-bond acceptors (Lipinski definition) is 9. The van der Waals surface area contributed by atoms with E-state index in [9.17, 15) is 5.53 Å². The summed E-state index contributed by atoms with van der Waals surface area (Å²) in [7, 11) is 1.61. The zero-order chi connectivity index (χ0) is 39.4. The molecule has 5 aromatic carbocycles. The molecule has 11 nitrogen and oxygen atoms in total. The summed E-state index contributed by atoms with van der Waals surface area (Å²) in [6.07, 6.45) is -3.61. The Morgan fingerprint density at radius 1 is 0.509 bits per heavy atom. The van der Waals surface area contributed by atoms with Crippen molar-refractivity contribution in [2.45, 2.75) is 69.1 Å². The molecule has 0 bridgehead atoms. The highest BCUT2D eigenvalue weighted by atomic mass is 16.7. The fourth-order valence-corrected chi connectivity index (χ4v) is 6.99. The van der Waals surface area contributed by atoms with Gasteiger partial charge in [0.15, 0.2) is 0 Å². The maximum Gasteiger partial charge on any atom is 0.147 e. The van der Waals surface area contributed by atoms with Crippen molar-refractivity contribution in [3.05, 3.63) is 190 Å². The van der Waals surface area contributed by atoms with E-state index >= 15 is 0 Å². The highest BCUT2D eigenvalue weighted by Crippen LogP contribution is 2.43. The molecule has 298 valence electrons. The molecule has 0 amide bonds. The molecule has 0 aromatic heterocycles. The van der Waals surface area contributed by atoms with Gasteiger partial charge >= 0.3 is 0 Å². The van der Waals surface area contributed by atoms with Gasteiger partial charge in [0.1, 0.15) is 30.7 Å². The highest BCUT2D eigenvalue weighted by molar-refractivity contribution is 5.21. The molecule has 57 heavy (non-hydrogen) atoms. The van der Waals surface area contributed by atoms with Gasteiger partial charge in [-0.25, -0.2) is 0 Å². The summed E-state index contributed by atoms with van der Waals surface area (Å²) in [6.45, 7) is 1.53. The summed E-state index contributed by atoms with van der Waals surface area (Å²) in [5.74, 6) is 0. The van der Waals surface area contributed by atoms with Crippen molar-refractivity contribution in [2.24, 2.45) is 5.11 Å². The Labute approximate surface area is 335 Å². The number of nitrogens with zero attached hydrogens (tertiary/aromatic N) is 3. The van der Waals surface area contributed by atoms with Crippen molar-refractivity contribution < 1.29 is 37.9 Å². The molecule has 0 N–H and O–H groups in total. The average Bonchev–Trinajstić information content (AvgIpc) is 3.26. The van der Waals surface area contributed by atoms with Crippen LogP contribution in [-0.2, 0) is 70.9 Å². The van der Waals surface area contributed by atoms with Gasteiger partial charge in [0.25, 0.3) is 0 Å². The highest BCUT2D eigenvalue weighted by Gasteiger charge is 2.63. The Hall–Kier alpha value is -4.91. The van der Waals surface area contributed by atoms with E-state index in [-0.39, 0.29) is 53.0 Å².